The van der Waals surface area contributed by atoms with Crippen LogP contribution in [0.5, 0.6) is 0 Å². The fourth-order valence-electron chi connectivity index (χ4n) is 1.24. The van der Waals surface area contributed by atoms with Gasteiger partial charge in [0.25, 0.3) is 0 Å². The molecule has 0 spiro atoms. The third-order valence-corrected chi connectivity index (χ3v) is 3.03. The molecule has 0 radical (unpaired) electrons. The largest absolute Gasteiger partial charge is 0.480 e. The topological polar surface area (TPSA) is 62.2 Å². The van der Waals surface area contributed by atoms with E-state index in [1.807, 2.05) is 0 Å². The number of anilines is 1. The molecule has 106 valence electrons. The molecular weight excluding hydrogens is 285 g/mol. The van der Waals surface area contributed by atoms with Crippen molar-refractivity contribution in [3.8, 4) is 0 Å². The summed E-state index contributed by atoms with van der Waals surface area (Å²) in [5.74, 6) is -1.24. The van der Waals surface area contributed by atoms with E-state index in [1.54, 1.807) is 6.92 Å². The van der Waals surface area contributed by atoms with Crippen LogP contribution >= 0.6 is 11.6 Å². The van der Waals surface area contributed by atoms with Crippen molar-refractivity contribution in [1.29, 1.82) is 0 Å². The molecule has 0 aliphatic rings. The summed E-state index contributed by atoms with van der Waals surface area (Å²) in [5, 5.41) is 11.3. The second kappa shape index (κ2) is 5.24. The monoisotopic (exact) mass is 296 g/mol. The molecule has 1 aromatic rings. The first-order valence-corrected chi connectivity index (χ1v) is 5.72. The molecule has 1 heterocycles. The van der Waals surface area contributed by atoms with Gasteiger partial charge in [-0.2, -0.15) is 13.2 Å². The molecule has 1 aromatic heterocycles. The van der Waals surface area contributed by atoms with Gasteiger partial charge in [0, 0.05) is 6.20 Å². The van der Waals surface area contributed by atoms with Crippen LogP contribution < -0.4 is 5.32 Å². The summed E-state index contributed by atoms with van der Waals surface area (Å²) in [6.07, 6.45) is -3.73. The van der Waals surface area contributed by atoms with Crippen molar-refractivity contribution >= 4 is 23.4 Å². The summed E-state index contributed by atoms with van der Waals surface area (Å²) in [6.45, 7) is 3.02. The molecule has 0 amide bonds. The minimum absolute atomic E-state index is 0.0959. The zero-order valence-electron chi connectivity index (χ0n) is 10.2. The smallest absolute Gasteiger partial charge is 0.417 e. The Morgan fingerprint density at radius 2 is 2.11 bits per heavy atom. The number of hydrogen-bond acceptors (Lipinski definition) is 3. The zero-order chi connectivity index (χ0) is 14.8. The van der Waals surface area contributed by atoms with E-state index in [0.717, 1.165) is 0 Å². The highest BCUT2D eigenvalue weighted by atomic mass is 35.5. The maximum absolute atomic E-state index is 12.4. The lowest BCUT2D eigenvalue weighted by atomic mass is 9.99. The van der Waals surface area contributed by atoms with E-state index in [1.165, 1.54) is 6.92 Å². The molecule has 0 saturated carbocycles. The van der Waals surface area contributed by atoms with Crippen LogP contribution in [-0.4, -0.2) is 21.6 Å². The molecular formula is C11H12ClF3N2O2. The third kappa shape index (κ3) is 3.50. The van der Waals surface area contributed by atoms with E-state index >= 15 is 0 Å². The van der Waals surface area contributed by atoms with Crippen LogP contribution in [0.25, 0.3) is 0 Å². The van der Waals surface area contributed by atoms with Crippen molar-refractivity contribution < 1.29 is 23.1 Å². The molecule has 0 aliphatic carbocycles. The summed E-state index contributed by atoms with van der Waals surface area (Å²) in [4.78, 5) is 14.6. The molecule has 0 bridgehead atoms. The standard InChI is InChI=1S/C11H12ClF3N2O2/c1-3-10(2,9(18)19)17-8-7(12)4-6(5-16-8)11(13,14)15/h4-5H,3H2,1-2H3,(H,16,17)(H,18,19). The van der Waals surface area contributed by atoms with Crippen molar-refractivity contribution in [3.05, 3.63) is 22.8 Å². The third-order valence-electron chi connectivity index (χ3n) is 2.74. The Bertz CT molecular complexity index is 493. The number of carboxylic acid groups (broad SMARTS) is 1. The Balaban J connectivity index is 3.08. The Morgan fingerprint density at radius 3 is 2.47 bits per heavy atom. The maximum Gasteiger partial charge on any atom is 0.417 e. The molecule has 2 N–H and O–H groups in total. The number of carbonyl (C=O) groups is 1. The Kier molecular flexibility index (Phi) is 4.29. The summed E-state index contributed by atoms with van der Waals surface area (Å²) in [5.41, 5.74) is -2.34. The molecule has 0 aromatic carbocycles. The lowest BCUT2D eigenvalue weighted by Gasteiger charge is -2.25. The average molecular weight is 297 g/mol. The zero-order valence-corrected chi connectivity index (χ0v) is 10.9. The highest BCUT2D eigenvalue weighted by molar-refractivity contribution is 6.33. The van der Waals surface area contributed by atoms with Crippen LogP contribution in [-0.2, 0) is 11.0 Å². The molecule has 8 heteroatoms. The van der Waals surface area contributed by atoms with Crippen molar-refractivity contribution in [2.24, 2.45) is 0 Å². The van der Waals surface area contributed by atoms with Crippen LogP contribution in [0.1, 0.15) is 25.8 Å². The highest BCUT2D eigenvalue weighted by Crippen LogP contribution is 2.33. The van der Waals surface area contributed by atoms with E-state index in [-0.39, 0.29) is 17.3 Å². The average Bonchev–Trinajstić information content (AvgIpc) is 2.30. The molecule has 0 fully saturated rings. The van der Waals surface area contributed by atoms with Crippen molar-refractivity contribution in [3.63, 3.8) is 0 Å². The van der Waals surface area contributed by atoms with Gasteiger partial charge in [-0.3, -0.25) is 0 Å². The van der Waals surface area contributed by atoms with Gasteiger partial charge in [-0.05, 0) is 19.4 Å². The lowest BCUT2D eigenvalue weighted by Crippen LogP contribution is -2.43. The fourth-order valence-corrected chi connectivity index (χ4v) is 1.45. The molecule has 1 unspecified atom stereocenters. The maximum atomic E-state index is 12.4. The number of carboxylic acids is 1. The van der Waals surface area contributed by atoms with Crippen LogP contribution in [0.2, 0.25) is 5.02 Å². The molecule has 0 aliphatic heterocycles. The Morgan fingerprint density at radius 1 is 1.53 bits per heavy atom. The number of nitrogens with zero attached hydrogens (tertiary/aromatic N) is 1. The molecule has 1 rings (SSSR count). The number of aliphatic carboxylic acids is 1. The summed E-state index contributed by atoms with van der Waals surface area (Å²) < 4.78 is 37.3. The van der Waals surface area contributed by atoms with Crippen molar-refractivity contribution in [1.82, 2.24) is 4.98 Å². The Labute approximate surface area is 112 Å². The van der Waals surface area contributed by atoms with Gasteiger partial charge in [0.05, 0.1) is 10.6 Å². The van der Waals surface area contributed by atoms with E-state index in [0.29, 0.717) is 12.3 Å². The number of hydrogen-bond donors (Lipinski definition) is 2. The SMILES string of the molecule is CCC(C)(Nc1ncc(C(F)(F)F)cc1Cl)C(=O)O. The second-order valence-electron chi connectivity index (χ2n) is 4.17. The van der Waals surface area contributed by atoms with Gasteiger partial charge in [0.2, 0.25) is 0 Å². The van der Waals surface area contributed by atoms with E-state index in [2.05, 4.69) is 10.3 Å². The lowest BCUT2D eigenvalue weighted by molar-refractivity contribution is -0.142. The van der Waals surface area contributed by atoms with Crippen LogP contribution in [0.15, 0.2) is 12.3 Å². The minimum atomic E-state index is -4.55. The van der Waals surface area contributed by atoms with E-state index in [4.69, 9.17) is 16.7 Å². The van der Waals surface area contributed by atoms with Gasteiger partial charge in [-0.25, -0.2) is 9.78 Å². The number of pyridine rings is 1. The molecule has 0 saturated heterocycles. The van der Waals surface area contributed by atoms with Gasteiger partial charge < -0.3 is 10.4 Å². The first kappa shape index (κ1) is 15.6. The second-order valence-corrected chi connectivity index (χ2v) is 4.58. The molecule has 4 nitrogen and oxygen atoms in total. The van der Waals surface area contributed by atoms with E-state index in [9.17, 15) is 18.0 Å². The number of halogens is 4. The first-order valence-electron chi connectivity index (χ1n) is 5.34. The quantitative estimate of drug-likeness (QED) is 0.893. The van der Waals surface area contributed by atoms with Gasteiger partial charge >= 0.3 is 12.1 Å². The summed E-state index contributed by atoms with van der Waals surface area (Å²) >= 11 is 5.69. The summed E-state index contributed by atoms with van der Waals surface area (Å²) in [7, 11) is 0. The Hall–Kier alpha value is -1.50. The number of alkyl halides is 3. The number of rotatable bonds is 4. The normalized spacial score (nSPS) is 14.8. The van der Waals surface area contributed by atoms with Gasteiger partial charge in [0.15, 0.2) is 0 Å². The van der Waals surface area contributed by atoms with Crippen LogP contribution in [0.3, 0.4) is 0 Å². The summed E-state index contributed by atoms with van der Waals surface area (Å²) in [6, 6.07) is 0.703. The highest BCUT2D eigenvalue weighted by Gasteiger charge is 2.34. The fraction of sp³-hybridized carbons (Fsp3) is 0.455. The minimum Gasteiger partial charge on any atom is -0.480 e. The molecule has 1 atom stereocenters. The predicted molar refractivity (Wildman–Crippen MR) is 64.2 cm³/mol. The van der Waals surface area contributed by atoms with Gasteiger partial charge in [-0.15, -0.1) is 0 Å². The molecule has 19 heavy (non-hydrogen) atoms. The van der Waals surface area contributed by atoms with Gasteiger partial charge in [0.1, 0.15) is 11.4 Å². The van der Waals surface area contributed by atoms with Gasteiger partial charge in [-0.1, -0.05) is 18.5 Å². The number of aromatic nitrogens is 1. The number of nitrogens with one attached hydrogen (secondary N) is 1. The van der Waals surface area contributed by atoms with E-state index < -0.39 is 23.2 Å². The van der Waals surface area contributed by atoms with Crippen LogP contribution in [0, 0.1) is 0 Å². The van der Waals surface area contributed by atoms with Crippen molar-refractivity contribution in [2.75, 3.05) is 5.32 Å². The first-order chi connectivity index (χ1) is 8.60. The van der Waals surface area contributed by atoms with Crippen molar-refractivity contribution in [2.45, 2.75) is 32.0 Å². The predicted octanol–water partition coefficient (Wildman–Crippen LogP) is 3.42. The van der Waals surface area contributed by atoms with Crippen LogP contribution in [0.4, 0.5) is 19.0 Å².